The first kappa shape index (κ1) is 19.9. The molecule has 0 atom stereocenters. The monoisotopic (exact) mass is 365 g/mol. The van der Waals surface area contributed by atoms with Gasteiger partial charge in [-0.25, -0.2) is 0 Å². The quantitative estimate of drug-likeness (QED) is 0.408. The molecule has 1 saturated carbocycles. The summed E-state index contributed by atoms with van der Waals surface area (Å²) in [4.78, 5) is 9.72. The zero-order valence-corrected chi connectivity index (χ0v) is 16.8. The lowest BCUT2D eigenvalue weighted by Gasteiger charge is -2.48. The van der Waals surface area contributed by atoms with Crippen LogP contribution in [0.15, 0.2) is 4.99 Å². The lowest BCUT2D eigenvalue weighted by molar-refractivity contribution is -0.0352. The fraction of sp³-hybridized carbons (Fsp3) is 0.950. The minimum absolute atomic E-state index is 0.287. The van der Waals surface area contributed by atoms with Crippen LogP contribution >= 0.6 is 0 Å². The lowest BCUT2D eigenvalue weighted by Crippen LogP contribution is -2.60. The highest BCUT2D eigenvalue weighted by Crippen LogP contribution is 2.33. The van der Waals surface area contributed by atoms with Crippen molar-refractivity contribution in [2.75, 3.05) is 66.1 Å². The summed E-state index contributed by atoms with van der Waals surface area (Å²) in [5.74, 6) is 0.963. The third-order valence-corrected chi connectivity index (χ3v) is 6.42. The molecule has 1 aliphatic carbocycles. The van der Waals surface area contributed by atoms with Crippen LogP contribution in [0.3, 0.4) is 0 Å². The molecule has 3 rings (SSSR count). The molecule has 150 valence electrons. The van der Waals surface area contributed by atoms with Crippen molar-refractivity contribution >= 4 is 5.96 Å². The summed E-state index contributed by atoms with van der Waals surface area (Å²) in [5.41, 5.74) is 0.287. The van der Waals surface area contributed by atoms with Gasteiger partial charge in [0.05, 0.1) is 13.2 Å². The predicted octanol–water partition coefficient (Wildman–Crippen LogP) is 1.67. The Morgan fingerprint density at radius 2 is 1.69 bits per heavy atom. The summed E-state index contributed by atoms with van der Waals surface area (Å²) in [7, 11) is 1.89. The topological polar surface area (TPSA) is 52.1 Å². The smallest absolute Gasteiger partial charge is 0.191 e. The Morgan fingerprint density at radius 3 is 2.38 bits per heavy atom. The number of likely N-dealkylation sites (tertiary alicyclic amines) is 1. The highest BCUT2D eigenvalue weighted by molar-refractivity contribution is 5.79. The highest BCUT2D eigenvalue weighted by Gasteiger charge is 2.38. The Kier molecular flexibility index (Phi) is 8.02. The average Bonchev–Trinajstić information content (AvgIpc) is 3.22. The van der Waals surface area contributed by atoms with Crippen LogP contribution in [0.1, 0.15) is 51.4 Å². The second-order valence-electron chi connectivity index (χ2n) is 8.14. The molecule has 0 aromatic heterocycles. The summed E-state index contributed by atoms with van der Waals surface area (Å²) in [6.07, 6.45) is 10.6. The number of nitrogens with one attached hydrogen (secondary N) is 2. The number of hydrogen-bond acceptors (Lipinski definition) is 4. The first-order valence-electron chi connectivity index (χ1n) is 10.8. The van der Waals surface area contributed by atoms with Crippen LogP contribution in [-0.4, -0.2) is 87.4 Å². The van der Waals surface area contributed by atoms with Crippen molar-refractivity contribution in [3.05, 3.63) is 0 Å². The van der Waals surface area contributed by atoms with Crippen molar-refractivity contribution in [2.24, 2.45) is 4.99 Å². The fourth-order valence-corrected chi connectivity index (χ4v) is 4.84. The molecule has 6 nitrogen and oxygen atoms in total. The van der Waals surface area contributed by atoms with Gasteiger partial charge in [0.1, 0.15) is 0 Å². The van der Waals surface area contributed by atoms with E-state index in [0.717, 1.165) is 45.4 Å². The fourth-order valence-electron chi connectivity index (χ4n) is 4.84. The Hall–Kier alpha value is -0.850. The van der Waals surface area contributed by atoms with Crippen molar-refractivity contribution in [3.8, 4) is 0 Å². The first-order valence-corrected chi connectivity index (χ1v) is 10.8. The number of nitrogens with zero attached hydrogens (tertiary/aromatic N) is 3. The van der Waals surface area contributed by atoms with Crippen molar-refractivity contribution in [1.82, 2.24) is 20.4 Å². The maximum Gasteiger partial charge on any atom is 0.191 e. The number of hydrogen-bond donors (Lipinski definition) is 2. The molecule has 0 aromatic rings. The molecule has 0 unspecified atom stereocenters. The van der Waals surface area contributed by atoms with E-state index in [1.54, 1.807) is 0 Å². The van der Waals surface area contributed by atoms with Gasteiger partial charge in [0.2, 0.25) is 0 Å². The van der Waals surface area contributed by atoms with Crippen LogP contribution in [0.4, 0.5) is 0 Å². The van der Waals surface area contributed by atoms with Crippen LogP contribution in [0.2, 0.25) is 0 Å². The zero-order valence-electron chi connectivity index (χ0n) is 16.8. The normalized spacial score (nSPS) is 25.3. The molecule has 26 heavy (non-hydrogen) atoms. The Morgan fingerprint density at radius 1 is 0.962 bits per heavy atom. The molecule has 2 aliphatic heterocycles. The van der Waals surface area contributed by atoms with Gasteiger partial charge < -0.3 is 20.3 Å². The second-order valence-corrected chi connectivity index (χ2v) is 8.14. The molecular weight excluding hydrogens is 326 g/mol. The molecule has 0 amide bonds. The third kappa shape index (κ3) is 5.57. The van der Waals surface area contributed by atoms with Crippen LogP contribution < -0.4 is 10.6 Å². The van der Waals surface area contributed by atoms with Gasteiger partial charge in [-0.1, -0.05) is 19.3 Å². The van der Waals surface area contributed by atoms with E-state index in [4.69, 9.17) is 4.74 Å². The first-order chi connectivity index (χ1) is 12.8. The lowest BCUT2D eigenvalue weighted by atomic mass is 9.80. The van der Waals surface area contributed by atoms with Gasteiger partial charge in [0.15, 0.2) is 5.96 Å². The van der Waals surface area contributed by atoms with E-state index in [1.165, 1.54) is 71.0 Å². The van der Waals surface area contributed by atoms with Gasteiger partial charge in [0.25, 0.3) is 0 Å². The maximum absolute atomic E-state index is 5.59. The molecule has 3 fully saturated rings. The summed E-state index contributed by atoms with van der Waals surface area (Å²) in [6.45, 7) is 9.69. The van der Waals surface area contributed by atoms with Crippen molar-refractivity contribution < 1.29 is 4.74 Å². The predicted molar refractivity (Wildman–Crippen MR) is 108 cm³/mol. The van der Waals surface area contributed by atoms with E-state index < -0.39 is 0 Å². The van der Waals surface area contributed by atoms with Crippen LogP contribution in [0.5, 0.6) is 0 Å². The van der Waals surface area contributed by atoms with Gasteiger partial charge in [-0.05, 0) is 51.7 Å². The standard InChI is InChI=1S/C20H39N5O/c1-21-19(22-10-7-13-24-11-5-6-12-24)23-18-20(8-3-2-4-9-20)25-14-16-26-17-15-25/h2-18H2,1H3,(H2,21,22,23). The van der Waals surface area contributed by atoms with E-state index >= 15 is 0 Å². The minimum atomic E-state index is 0.287. The van der Waals surface area contributed by atoms with Crippen LogP contribution in [-0.2, 0) is 4.74 Å². The number of ether oxygens (including phenoxy) is 1. The molecule has 0 aromatic carbocycles. The van der Waals surface area contributed by atoms with Crippen molar-refractivity contribution in [2.45, 2.75) is 56.9 Å². The second kappa shape index (κ2) is 10.5. The van der Waals surface area contributed by atoms with E-state index in [9.17, 15) is 0 Å². The Bertz CT molecular complexity index is 424. The molecule has 2 heterocycles. The largest absolute Gasteiger partial charge is 0.379 e. The zero-order chi connectivity index (χ0) is 18.1. The Balaban J connectivity index is 1.43. The molecule has 0 radical (unpaired) electrons. The maximum atomic E-state index is 5.59. The van der Waals surface area contributed by atoms with Crippen molar-refractivity contribution in [1.29, 1.82) is 0 Å². The molecule has 6 heteroatoms. The summed E-state index contributed by atoms with van der Waals surface area (Å²) >= 11 is 0. The summed E-state index contributed by atoms with van der Waals surface area (Å²) in [6, 6.07) is 0. The minimum Gasteiger partial charge on any atom is -0.379 e. The van der Waals surface area contributed by atoms with Gasteiger partial charge in [-0.3, -0.25) is 9.89 Å². The molecule has 3 aliphatic rings. The SMILES string of the molecule is CN=C(NCCCN1CCCC1)NCC1(N2CCOCC2)CCCCC1. The molecule has 0 spiro atoms. The van der Waals surface area contributed by atoms with Crippen LogP contribution in [0, 0.1) is 0 Å². The van der Waals surface area contributed by atoms with Gasteiger partial charge in [-0.2, -0.15) is 0 Å². The molecular formula is C20H39N5O. The Labute approximate surface area is 159 Å². The summed E-state index contributed by atoms with van der Waals surface area (Å²) in [5, 5.41) is 7.17. The average molecular weight is 366 g/mol. The van der Waals surface area contributed by atoms with Crippen LogP contribution in [0.25, 0.3) is 0 Å². The van der Waals surface area contributed by atoms with E-state index in [1.807, 2.05) is 7.05 Å². The van der Waals surface area contributed by atoms with Gasteiger partial charge in [0, 0.05) is 38.8 Å². The molecule has 2 N–H and O–H groups in total. The number of rotatable bonds is 7. The third-order valence-electron chi connectivity index (χ3n) is 6.42. The molecule has 0 bridgehead atoms. The van der Waals surface area contributed by atoms with E-state index in [-0.39, 0.29) is 5.54 Å². The number of aliphatic imine (C=N–C) groups is 1. The summed E-state index contributed by atoms with van der Waals surface area (Å²) < 4.78 is 5.59. The van der Waals surface area contributed by atoms with Crippen molar-refractivity contribution in [3.63, 3.8) is 0 Å². The molecule has 2 saturated heterocycles. The van der Waals surface area contributed by atoms with Gasteiger partial charge in [-0.15, -0.1) is 0 Å². The van der Waals surface area contributed by atoms with Gasteiger partial charge >= 0.3 is 0 Å². The highest BCUT2D eigenvalue weighted by atomic mass is 16.5. The van der Waals surface area contributed by atoms with E-state index in [0.29, 0.717) is 0 Å². The number of morpholine rings is 1. The van der Waals surface area contributed by atoms with E-state index in [2.05, 4.69) is 25.4 Å². The number of guanidine groups is 1.